The highest BCUT2D eigenvalue weighted by molar-refractivity contribution is 6.10. The number of anilines is 3. The van der Waals surface area contributed by atoms with E-state index in [1.165, 1.54) is 77.5 Å². The Labute approximate surface area is 357 Å². The molecule has 0 aromatic heterocycles. The van der Waals surface area contributed by atoms with Gasteiger partial charge in [0.2, 0.25) is 0 Å². The zero-order chi connectivity index (χ0) is 40.4. The maximum absolute atomic E-state index is 2.47. The van der Waals surface area contributed by atoms with E-state index in [1.54, 1.807) is 0 Å². The first-order valence-corrected chi connectivity index (χ1v) is 21.3. The van der Waals surface area contributed by atoms with Crippen molar-refractivity contribution in [2.24, 2.45) is 0 Å². The molecular weight excluding hydrogens is 735 g/mol. The molecule has 10 aromatic carbocycles. The number of para-hydroxylation sites is 1. The van der Waals surface area contributed by atoms with E-state index < -0.39 is 10.8 Å². The lowest BCUT2D eigenvalue weighted by Gasteiger charge is -2.35. The normalized spacial score (nSPS) is 13.8. The average Bonchev–Trinajstić information content (AvgIpc) is 3.82. The molecule has 0 radical (unpaired) electrons. The van der Waals surface area contributed by atoms with Crippen molar-refractivity contribution in [2.75, 3.05) is 4.90 Å². The summed E-state index contributed by atoms with van der Waals surface area (Å²) >= 11 is 0. The lowest BCUT2D eigenvalue weighted by molar-refractivity contribution is 0.768. The second-order valence-corrected chi connectivity index (χ2v) is 16.3. The molecule has 0 saturated carbocycles. The summed E-state index contributed by atoms with van der Waals surface area (Å²) < 4.78 is 0. The third-order valence-electron chi connectivity index (χ3n) is 13.4. The van der Waals surface area contributed by atoms with Crippen LogP contribution < -0.4 is 4.90 Å². The SMILES string of the molecule is c1ccc(N(c2ccc3c(c2)C(c2ccccc2)(c2ccccc2)c2ccccc2-3)c2cccc3c4c(ccc23)C(c2ccccc2)(c2ccccc2)c2ccccc2-4)cc1. The topological polar surface area (TPSA) is 3.24 Å². The second-order valence-electron chi connectivity index (χ2n) is 16.3. The minimum atomic E-state index is -0.506. The molecule has 0 amide bonds. The van der Waals surface area contributed by atoms with E-state index in [4.69, 9.17) is 0 Å². The molecule has 61 heavy (non-hydrogen) atoms. The first kappa shape index (κ1) is 35.2. The van der Waals surface area contributed by atoms with Crippen LogP contribution >= 0.6 is 0 Å². The third-order valence-corrected chi connectivity index (χ3v) is 13.4. The summed E-state index contributed by atoms with van der Waals surface area (Å²) in [5.41, 5.74) is 17.8. The van der Waals surface area contributed by atoms with Crippen molar-refractivity contribution in [3.63, 3.8) is 0 Å². The van der Waals surface area contributed by atoms with Gasteiger partial charge in [-0.25, -0.2) is 0 Å². The van der Waals surface area contributed by atoms with Crippen molar-refractivity contribution in [3.8, 4) is 22.3 Å². The predicted molar refractivity (Wildman–Crippen MR) is 253 cm³/mol. The summed E-state index contributed by atoms with van der Waals surface area (Å²) in [6, 6.07) is 92.1. The van der Waals surface area contributed by atoms with Crippen molar-refractivity contribution < 1.29 is 0 Å². The second kappa shape index (κ2) is 13.9. The molecule has 0 heterocycles. The lowest BCUT2D eigenvalue weighted by Crippen LogP contribution is -2.28. The van der Waals surface area contributed by atoms with Gasteiger partial charge in [-0.3, -0.25) is 0 Å². The Balaban J connectivity index is 1.13. The zero-order valence-corrected chi connectivity index (χ0v) is 33.6. The quantitative estimate of drug-likeness (QED) is 0.156. The zero-order valence-electron chi connectivity index (χ0n) is 33.6. The Bertz CT molecular complexity index is 3150. The van der Waals surface area contributed by atoms with Gasteiger partial charge in [0.15, 0.2) is 0 Å². The third kappa shape index (κ3) is 5.01. The van der Waals surface area contributed by atoms with Crippen LogP contribution in [0.2, 0.25) is 0 Å². The van der Waals surface area contributed by atoms with Gasteiger partial charge in [-0.1, -0.05) is 218 Å². The van der Waals surface area contributed by atoms with E-state index in [0.29, 0.717) is 0 Å². The molecule has 0 aliphatic heterocycles. The predicted octanol–water partition coefficient (Wildman–Crippen LogP) is 15.0. The maximum Gasteiger partial charge on any atom is 0.0714 e. The van der Waals surface area contributed by atoms with Gasteiger partial charge in [-0.05, 0) is 102 Å². The molecule has 0 atom stereocenters. The van der Waals surface area contributed by atoms with Crippen LogP contribution in [0.5, 0.6) is 0 Å². The molecule has 0 spiro atoms. The van der Waals surface area contributed by atoms with Crippen LogP contribution in [0.3, 0.4) is 0 Å². The van der Waals surface area contributed by atoms with Gasteiger partial charge in [0.05, 0.1) is 16.5 Å². The molecule has 0 fully saturated rings. The van der Waals surface area contributed by atoms with E-state index in [0.717, 1.165) is 17.1 Å². The smallest absolute Gasteiger partial charge is 0.0714 e. The first-order chi connectivity index (χ1) is 30.3. The van der Waals surface area contributed by atoms with Crippen LogP contribution in [0, 0.1) is 0 Å². The molecule has 0 unspecified atom stereocenters. The highest BCUT2D eigenvalue weighted by atomic mass is 15.1. The fourth-order valence-corrected chi connectivity index (χ4v) is 11.1. The van der Waals surface area contributed by atoms with Crippen LogP contribution in [0.1, 0.15) is 44.5 Å². The monoisotopic (exact) mass is 775 g/mol. The summed E-state index contributed by atoms with van der Waals surface area (Å²) in [7, 11) is 0. The molecule has 286 valence electrons. The molecule has 10 aromatic rings. The van der Waals surface area contributed by atoms with E-state index >= 15 is 0 Å². The van der Waals surface area contributed by atoms with Gasteiger partial charge >= 0.3 is 0 Å². The number of hydrogen-bond acceptors (Lipinski definition) is 1. The number of rotatable bonds is 7. The van der Waals surface area contributed by atoms with Crippen LogP contribution in [0.15, 0.2) is 249 Å². The molecule has 1 nitrogen and oxygen atoms in total. The highest BCUT2D eigenvalue weighted by Crippen LogP contribution is 2.60. The molecule has 2 aliphatic carbocycles. The van der Waals surface area contributed by atoms with Crippen molar-refractivity contribution in [1.29, 1.82) is 0 Å². The van der Waals surface area contributed by atoms with Crippen molar-refractivity contribution >= 4 is 27.8 Å². The molecule has 1 heteroatoms. The van der Waals surface area contributed by atoms with Crippen molar-refractivity contribution in [2.45, 2.75) is 10.8 Å². The fraction of sp³-hybridized carbons (Fsp3) is 0.0333. The van der Waals surface area contributed by atoms with Crippen molar-refractivity contribution in [1.82, 2.24) is 0 Å². The maximum atomic E-state index is 2.47. The van der Waals surface area contributed by atoms with Gasteiger partial charge in [-0.2, -0.15) is 0 Å². The van der Waals surface area contributed by atoms with E-state index in [2.05, 4.69) is 254 Å². The van der Waals surface area contributed by atoms with Crippen molar-refractivity contribution in [3.05, 3.63) is 293 Å². The summed E-state index contributed by atoms with van der Waals surface area (Å²) in [5, 5.41) is 2.45. The minimum absolute atomic E-state index is 0.467. The molecule has 0 N–H and O–H groups in total. The van der Waals surface area contributed by atoms with Gasteiger partial charge in [0.25, 0.3) is 0 Å². The van der Waals surface area contributed by atoms with E-state index in [1.807, 2.05) is 0 Å². The van der Waals surface area contributed by atoms with Gasteiger partial charge in [-0.15, -0.1) is 0 Å². The Morgan fingerprint density at radius 2 is 0.721 bits per heavy atom. The molecular formula is C60H41N. The average molecular weight is 776 g/mol. The molecule has 12 rings (SSSR count). The lowest BCUT2D eigenvalue weighted by atomic mass is 9.67. The van der Waals surface area contributed by atoms with Crippen LogP contribution in [-0.4, -0.2) is 0 Å². The Kier molecular flexibility index (Phi) is 8.05. The van der Waals surface area contributed by atoms with Gasteiger partial charge in [0.1, 0.15) is 0 Å². The summed E-state index contributed by atoms with van der Waals surface area (Å²) in [5.74, 6) is 0. The first-order valence-electron chi connectivity index (χ1n) is 21.3. The summed E-state index contributed by atoms with van der Waals surface area (Å²) in [6.45, 7) is 0. The Hall–Kier alpha value is -7.74. The molecule has 0 bridgehead atoms. The van der Waals surface area contributed by atoms with Gasteiger partial charge in [0, 0.05) is 16.8 Å². The Morgan fingerprint density at radius 3 is 1.30 bits per heavy atom. The van der Waals surface area contributed by atoms with Crippen LogP contribution in [-0.2, 0) is 10.8 Å². The Morgan fingerprint density at radius 1 is 0.262 bits per heavy atom. The van der Waals surface area contributed by atoms with Crippen LogP contribution in [0.25, 0.3) is 33.0 Å². The van der Waals surface area contributed by atoms with E-state index in [9.17, 15) is 0 Å². The standard InChI is InChI=1S/C60H41N/c1-6-21-42(22-7-1)59(43-23-8-2-9-24-43)54-35-19-17-32-52(54)58-51-33-20-36-57(50(51)39-40-55(58)59)61(46-29-14-5-15-30-46)47-37-38-49-48-31-16-18-34-53(48)60(56(49)41-47,44-25-10-3-11-26-44)45-27-12-4-13-28-45/h1-41H. The largest absolute Gasteiger partial charge is 0.310 e. The number of benzene rings is 10. The highest BCUT2D eigenvalue weighted by Gasteiger charge is 2.48. The minimum Gasteiger partial charge on any atom is -0.310 e. The number of nitrogens with zero attached hydrogens (tertiary/aromatic N) is 1. The summed E-state index contributed by atoms with van der Waals surface area (Å²) in [4.78, 5) is 2.47. The van der Waals surface area contributed by atoms with Crippen LogP contribution in [0.4, 0.5) is 17.1 Å². The molecule has 2 aliphatic rings. The van der Waals surface area contributed by atoms with E-state index in [-0.39, 0.29) is 0 Å². The number of hydrogen-bond donors (Lipinski definition) is 0. The number of fused-ring (bicyclic) bond motifs is 8. The fourth-order valence-electron chi connectivity index (χ4n) is 11.1. The summed E-state index contributed by atoms with van der Waals surface area (Å²) in [6.07, 6.45) is 0. The van der Waals surface area contributed by atoms with Gasteiger partial charge < -0.3 is 4.90 Å². The molecule has 0 saturated heterocycles.